The summed E-state index contributed by atoms with van der Waals surface area (Å²) in [5.41, 5.74) is 1.48. The highest BCUT2D eigenvalue weighted by atomic mass is 35.5. The first kappa shape index (κ1) is 17.6. The number of fused-ring (bicyclic) bond motifs is 2. The van der Waals surface area contributed by atoms with Gasteiger partial charge in [0, 0.05) is 28.7 Å². The van der Waals surface area contributed by atoms with Gasteiger partial charge in [0.25, 0.3) is 5.91 Å². The summed E-state index contributed by atoms with van der Waals surface area (Å²) in [4.78, 5) is 16.3. The number of thioether (sulfide) groups is 1. The first-order chi connectivity index (χ1) is 12.6. The van der Waals surface area contributed by atoms with Crippen molar-refractivity contribution >= 4 is 35.0 Å². The Labute approximate surface area is 162 Å². The molecule has 0 spiro atoms. The lowest BCUT2D eigenvalue weighted by Crippen LogP contribution is -2.32. The van der Waals surface area contributed by atoms with Crippen molar-refractivity contribution in [2.45, 2.75) is 29.9 Å². The Balaban J connectivity index is 1.72. The van der Waals surface area contributed by atoms with Crippen molar-refractivity contribution in [1.82, 2.24) is 0 Å². The third-order valence-corrected chi connectivity index (χ3v) is 6.06. The van der Waals surface area contributed by atoms with Crippen molar-refractivity contribution in [1.29, 1.82) is 0 Å². The Hall–Kier alpha value is -1.85. The average Bonchev–Trinajstić information content (AvgIpc) is 2.97. The van der Waals surface area contributed by atoms with Crippen molar-refractivity contribution in [2.24, 2.45) is 0 Å². The molecule has 0 bridgehead atoms. The molecule has 6 heteroatoms. The topological polar surface area (TPSA) is 38.8 Å². The number of halogens is 1. The average molecular weight is 390 g/mol. The quantitative estimate of drug-likeness (QED) is 0.685. The van der Waals surface area contributed by atoms with Gasteiger partial charge in [-0.15, -0.1) is 11.8 Å². The number of hydrogen-bond donors (Lipinski definition) is 0. The van der Waals surface area contributed by atoms with Gasteiger partial charge in [-0.25, -0.2) is 0 Å². The minimum Gasteiger partial charge on any atom is -0.489 e. The summed E-state index contributed by atoms with van der Waals surface area (Å²) in [5.74, 6) is 1.01. The number of para-hydroxylation sites is 1. The molecule has 2 aromatic carbocycles. The molecule has 0 saturated carbocycles. The number of benzene rings is 2. The molecule has 4 nitrogen and oxygen atoms in total. The first-order valence-electron chi connectivity index (χ1n) is 8.80. The van der Waals surface area contributed by atoms with E-state index in [1.807, 2.05) is 34.9 Å². The van der Waals surface area contributed by atoms with Gasteiger partial charge in [-0.3, -0.25) is 4.79 Å². The summed E-state index contributed by atoms with van der Waals surface area (Å²) < 4.78 is 11.4. The van der Waals surface area contributed by atoms with Crippen LogP contribution < -0.4 is 14.4 Å². The smallest absolute Gasteiger partial charge is 0.258 e. The van der Waals surface area contributed by atoms with Crippen molar-refractivity contribution in [3.05, 3.63) is 47.0 Å². The molecule has 0 N–H and O–H groups in total. The zero-order chi connectivity index (χ0) is 18.1. The number of rotatable bonds is 1. The van der Waals surface area contributed by atoms with Gasteiger partial charge in [0.2, 0.25) is 0 Å². The molecule has 2 aliphatic heterocycles. The predicted molar refractivity (Wildman–Crippen MR) is 105 cm³/mol. The van der Waals surface area contributed by atoms with Gasteiger partial charge in [-0.05, 0) is 30.7 Å². The highest BCUT2D eigenvalue weighted by Crippen LogP contribution is 2.40. The molecule has 1 atom stereocenters. The van der Waals surface area contributed by atoms with Crippen LogP contribution in [-0.2, 0) is 0 Å². The van der Waals surface area contributed by atoms with Gasteiger partial charge in [0.1, 0.15) is 0 Å². The Bertz CT molecular complexity index is 842. The number of anilines is 1. The normalized spacial score (nSPS) is 19.3. The molecule has 4 rings (SSSR count). The fraction of sp³-hybridized carbons (Fsp3) is 0.350. The maximum atomic E-state index is 13.3. The molecule has 0 aromatic heterocycles. The van der Waals surface area contributed by atoms with Gasteiger partial charge in [-0.2, -0.15) is 0 Å². The van der Waals surface area contributed by atoms with Crippen LogP contribution in [0.2, 0.25) is 5.02 Å². The molecule has 0 radical (unpaired) electrons. The Morgan fingerprint density at radius 3 is 2.92 bits per heavy atom. The molecule has 0 fully saturated rings. The molecule has 2 heterocycles. The number of carbonyl (C=O) groups excluding carboxylic acids is 1. The molecular weight excluding hydrogens is 370 g/mol. The van der Waals surface area contributed by atoms with Crippen LogP contribution >= 0.6 is 23.4 Å². The van der Waals surface area contributed by atoms with Gasteiger partial charge in [-0.1, -0.05) is 30.7 Å². The number of amides is 1. The lowest BCUT2D eigenvalue weighted by Gasteiger charge is -2.23. The third kappa shape index (κ3) is 3.38. The lowest BCUT2D eigenvalue weighted by molar-refractivity contribution is 0.0986. The van der Waals surface area contributed by atoms with Crippen LogP contribution in [-0.4, -0.2) is 30.9 Å². The Morgan fingerprint density at radius 1 is 1.23 bits per heavy atom. The van der Waals surface area contributed by atoms with E-state index in [-0.39, 0.29) is 5.91 Å². The summed E-state index contributed by atoms with van der Waals surface area (Å²) in [5, 5.41) is 0.875. The standard InChI is InChI=1S/C20H20ClNO3S/c1-13-7-8-22(16-5-2-3-6-18(16)26-13)20(23)14-11-15(21)19-17(12-14)24-9-4-10-25-19/h2-3,5-6,11-13H,4,7-10H2,1H3. The molecular formula is C20H20ClNO3S. The van der Waals surface area contributed by atoms with E-state index in [1.54, 1.807) is 12.1 Å². The van der Waals surface area contributed by atoms with Crippen LogP contribution in [0.25, 0.3) is 0 Å². The van der Waals surface area contributed by atoms with Crippen LogP contribution in [0.5, 0.6) is 11.5 Å². The van der Waals surface area contributed by atoms with Crippen LogP contribution in [0.15, 0.2) is 41.3 Å². The number of carbonyl (C=O) groups is 1. The number of hydrogen-bond acceptors (Lipinski definition) is 4. The second-order valence-electron chi connectivity index (χ2n) is 6.48. The zero-order valence-corrected chi connectivity index (χ0v) is 16.1. The molecule has 26 heavy (non-hydrogen) atoms. The largest absolute Gasteiger partial charge is 0.489 e. The minimum absolute atomic E-state index is 0.0651. The van der Waals surface area contributed by atoms with E-state index in [9.17, 15) is 4.79 Å². The second kappa shape index (κ2) is 7.41. The van der Waals surface area contributed by atoms with E-state index in [4.69, 9.17) is 21.1 Å². The monoisotopic (exact) mass is 389 g/mol. The molecule has 2 aliphatic rings. The Morgan fingerprint density at radius 2 is 2.04 bits per heavy atom. The molecule has 1 unspecified atom stereocenters. The summed E-state index contributed by atoms with van der Waals surface area (Å²) in [6.07, 6.45) is 1.73. The van der Waals surface area contributed by atoms with E-state index in [0.29, 0.717) is 47.1 Å². The van der Waals surface area contributed by atoms with Crippen molar-refractivity contribution in [3.63, 3.8) is 0 Å². The van der Waals surface area contributed by atoms with E-state index in [1.165, 1.54) is 0 Å². The van der Waals surface area contributed by atoms with Crippen molar-refractivity contribution in [3.8, 4) is 11.5 Å². The maximum absolute atomic E-state index is 13.3. The predicted octanol–water partition coefficient (Wildman–Crippen LogP) is 5.03. The van der Waals surface area contributed by atoms with Gasteiger partial charge in [0.05, 0.1) is 23.9 Å². The highest BCUT2D eigenvalue weighted by molar-refractivity contribution is 8.00. The molecule has 2 aromatic rings. The molecule has 0 saturated heterocycles. The van der Waals surface area contributed by atoms with E-state index >= 15 is 0 Å². The fourth-order valence-electron chi connectivity index (χ4n) is 3.21. The third-order valence-electron chi connectivity index (χ3n) is 4.54. The first-order valence-corrected chi connectivity index (χ1v) is 10.1. The summed E-state index contributed by atoms with van der Waals surface area (Å²) in [7, 11) is 0. The van der Waals surface area contributed by atoms with Crippen LogP contribution in [0.4, 0.5) is 5.69 Å². The second-order valence-corrected chi connectivity index (χ2v) is 8.36. The van der Waals surface area contributed by atoms with Crippen LogP contribution in [0, 0.1) is 0 Å². The van der Waals surface area contributed by atoms with Crippen molar-refractivity contribution in [2.75, 3.05) is 24.7 Å². The summed E-state index contributed by atoms with van der Waals surface area (Å²) in [6.45, 7) is 3.99. The summed E-state index contributed by atoms with van der Waals surface area (Å²) >= 11 is 8.19. The molecule has 1 amide bonds. The van der Waals surface area contributed by atoms with E-state index in [2.05, 4.69) is 13.0 Å². The maximum Gasteiger partial charge on any atom is 0.258 e. The van der Waals surface area contributed by atoms with Crippen LogP contribution in [0.1, 0.15) is 30.1 Å². The summed E-state index contributed by atoms with van der Waals surface area (Å²) in [6, 6.07) is 11.5. The Kier molecular flexibility index (Phi) is 5.00. The molecule has 0 aliphatic carbocycles. The van der Waals surface area contributed by atoms with E-state index in [0.717, 1.165) is 23.4 Å². The highest BCUT2D eigenvalue weighted by Gasteiger charge is 2.27. The van der Waals surface area contributed by atoms with Gasteiger partial charge in [0.15, 0.2) is 11.5 Å². The SMILES string of the molecule is CC1CCN(C(=O)c2cc(Cl)c3c(c2)OCCCO3)c2ccccc2S1. The van der Waals surface area contributed by atoms with Gasteiger partial charge < -0.3 is 14.4 Å². The number of nitrogens with zero attached hydrogens (tertiary/aromatic N) is 1. The minimum atomic E-state index is -0.0651. The van der Waals surface area contributed by atoms with Gasteiger partial charge >= 0.3 is 0 Å². The van der Waals surface area contributed by atoms with E-state index < -0.39 is 0 Å². The molecule has 136 valence electrons. The number of ether oxygens (including phenoxy) is 2. The fourth-order valence-corrected chi connectivity index (χ4v) is 4.59. The van der Waals surface area contributed by atoms with Crippen molar-refractivity contribution < 1.29 is 14.3 Å². The van der Waals surface area contributed by atoms with Crippen LogP contribution in [0.3, 0.4) is 0 Å². The zero-order valence-electron chi connectivity index (χ0n) is 14.5. The lowest BCUT2D eigenvalue weighted by atomic mass is 10.1.